The molecule has 5 heteroatoms. The van der Waals surface area contributed by atoms with Crippen LogP contribution in [0.5, 0.6) is 0 Å². The van der Waals surface area contributed by atoms with Gasteiger partial charge in [-0.1, -0.05) is 15.9 Å². The van der Waals surface area contributed by atoms with E-state index in [0.29, 0.717) is 10.2 Å². The standard InChI is InChI=1S/C9H9BrF3N/c1-14(2)8-4-6(9(11,12)13)3-7(10)5-8/h3-5H,1-2H3. The Labute approximate surface area is 88.7 Å². The Morgan fingerprint density at radius 2 is 1.71 bits per heavy atom. The van der Waals surface area contributed by atoms with Crippen molar-refractivity contribution >= 4 is 21.6 Å². The Balaban J connectivity index is 3.21. The second-order valence-electron chi connectivity index (χ2n) is 3.09. The van der Waals surface area contributed by atoms with Crippen LogP contribution in [-0.4, -0.2) is 14.1 Å². The second-order valence-corrected chi connectivity index (χ2v) is 4.01. The lowest BCUT2D eigenvalue weighted by Gasteiger charge is -2.15. The number of hydrogen-bond donors (Lipinski definition) is 0. The summed E-state index contributed by atoms with van der Waals surface area (Å²) >= 11 is 3.05. The number of anilines is 1. The van der Waals surface area contributed by atoms with Gasteiger partial charge in [-0.15, -0.1) is 0 Å². The average molecular weight is 268 g/mol. The zero-order valence-electron chi connectivity index (χ0n) is 7.69. The van der Waals surface area contributed by atoms with Crippen LogP contribution in [0.25, 0.3) is 0 Å². The van der Waals surface area contributed by atoms with Gasteiger partial charge in [-0.05, 0) is 18.2 Å². The summed E-state index contributed by atoms with van der Waals surface area (Å²) in [6, 6.07) is 3.81. The predicted molar refractivity (Wildman–Crippen MR) is 53.5 cm³/mol. The summed E-state index contributed by atoms with van der Waals surface area (Å²) in [5, 5.41) is 0. The fourth-order valence-electron chi connectivity index (χ4n) is 0.996. The molecule has 1 aromatic carbocycles. The first-order valence-corrected chi connectivity index (χ1v) is 4.65. The minimum atomic E-state index is -4.30. The van der Waals surface area contributed by atoms with E-state index in [-0.39, 0.29) is 0 Å². The van der Waals surface area contributed by atoms with E-state index in [1.54, 1.807) is 25.1 Å². The smallest absolute Gasteiger partial charge is 0.378 e. The molecule has 0 N–H and O–H groups in total. The van der Waals surface area contributed by atoms with Gasteiger partial charge >= 0.3 is 6.18 Å². The molecule has 0 aliphatic rings. The monoisotopic (exact) mass is 267 g/mol. The molecule has 1 nitrogen and oxygen atoms in total. The third kappa shape index (κ3) is 2.64. The maximum absolute atomic E-state index is 12.4. The van der Waals surface area contributed by atoms with Crippen LogP contribution in [0.4, 0.5) is 18.9 Å². The molecule has 0 saturated carbocycles. The van der Waals surface area contributed by atoms with Crippen LogP contribution in [0.2, 0.25) is 0 Å². The summed E-state index contributed by atoms with van der Waals surface area (Å²) in [6.45, 7) is 0. The molecule has 0 saturated heterocycles. The van der Waals surface area contributed by atoms with Crippen LogP contribution < -0.4 is 4.90 Å². The maximum atomic E-state index is 12.4. The van der Waals surface area contributed by atoms with Crippen LogP contribution in [-0.2, 0) is 6.18 Å². The lowest BCUT2D eigenvalue weighted by Crippen LogP contribution is -2.11. The van der Waals surface area contributed by atoms with Crippen LogP contribution in [0.15, 0.2) is 22.7 Å². The van der Waals surface area contributed by atoms with Crippen molar-refractivity contribution in [2.75, 3.05) is 19.0 Å². The minimum absolute atomic E-state index is 0.427. The van der Waals surface area contributed by atoms with E-state index in [1.807, 2.05) is 0 Å². The van der Waals surface area contributed by atoms with E-state index in [2.05, 4.69) is 15.9 Å². The topological polar surface area (TPSA) is 3.24 Å². The molecule has 0 amide bonds. The number of benzene rings is 1. The third-order valence-corrected chi connectivity index (χ3v) is 2.18. The first-order valence-electron chi connectivity index (χ1n) is 3.86. The maximum Gasteiger partial charge on any atom is 0.416 e. The van der Waals surface area contributed by atoms with Crippen molar-refractivity contribution in [2.45, 2.75) is 6.18 Å². The molecule has 0 heterocycles. The SMILES string of the molecule is CN(C)c1cc(Br)cc(C(F)(F)F)c1. The molecule has 0 aromatic heterocycles. The Morgan fingerprint density at radius 1 is 1.14 bits per heavy atom. The van der Waals surface area contributed by atoms with Crippen LogP contribution in [0.1, 0.15) is 5.56 Å². The van der Waals surface area contributed by atoms with Gasteiger partial charge in [-0.25, -0.2) is 0 Å². The summed E-state index contributed by atoms with van der Waals surface area (Å²) in [6.07, 6.45) is -4.30. The molecule has 1 rings (SSSR count). The lowest BCUT2D eigenvalue weighted by atomic mass is 10.2. The van der Waals surface area contributed by atoms with E-state index in [4.69, 9.17) is 0 Å². The van der Waals surface area contributed by atoms with Gasteiger partial charge < -0.3 is 4.90 Å². The average Bonchev–Trinajstić information content (AvgIpc) is 2.01. The Bertz CT molecular complexity index is 333. The minimum Gasteiger partial charge on any atom is -0.378 e. The zero-order chi connectivity index (χ0) is 10.9. The molecule has 78 valence electrons. The van der Waals surface area contributed by atoms with Gasteiger partial charge in [-0.3, -0.25) is 0 Å². The molecule has 0 radical (unpaired) electrons. The molecule has 0 bridgehead atoms. The summed E-state index contributed by atoms with van der Waals surface area (Å²) in [5.41, 5.74) is -0.123. The van der Waals surface area contributed by atoms with Gasteiger partial charge in [0.25, 0.3) is 0 Å². The zero-order valence-corrected chi connectivity index (χ0v) is 9.28. The lowest BCUT2D eigenvalue weighted by molar-refractivity contribution is -0.137. The van der Waals surface area contributed by atoms with E-state index in [1.165, 1.54) is 0 Å². The molecule has 0 atom stereocenters. The number of alkyl halides is 3. The van der Waals surface area contributed by atoms with Gasteiger partial charge in [0.2, 0.25) is 0 Å². The molecular weight excluding hydrogens is 259 g/mol. The Hall–Kier alpha value is -0.710. The van der Waals surface area contributed by atoms with Crippen molar-refractivity contribution in [3.05, 3.63) is 28.2 Å². The number of halogens is 4. The fraction of sp³-hybridized carbons (Fsp3) is 0.333. The van der Waals surface area contributed by atoms with Crippen molar-refractivity contribution in [1.82, 2.24) is 0 Å². The second kappa shape index (κ2) is 3.81. The molecule has 0 fully saturated rings. The highest BCUT2D eigenvalue weighted by molar-refractivity contribution is 9.10. The number of hydrogen-bond acceptors (Lipinski definition) is 1. The normalized spacial score (nSPS) is 11.6. The van der Waals surface area contributed by atoms with E-state index < -0.39 is 11.7 Å². The third-order valence-electron chi connectivity index (χ3n) is 1.73. The van der Waals surface area contributed by atoms with Gasteiger partial charge in [0.15, 0.2) is 0 Å². The fourth-order valence-corrected chi connectivity index (χ4v) is 1.48. The van der Waals surface area contributed by atoms with E-state index >= 15 is 0 Å². The molecule has 0 spiro atoms. The largest absolute Gasteiger partial charge is 0.416 e. The Morgan fingerprint density at radius 3 is 2.14 bits per heavy atom. The number of rotatable bonds is 1. The van der Waals surface area contributed by atoms with Gasteiger partial charge in [0.1, 0.15) is 0 Å². The van der Waals surface area contributed by atoms with Gasteiger partial charge in [0, 0.05) is 24.3 Å². The molecular formula is C9H9BrF3N. The van der Waals surface area contributed by atoms with Crippen molar-refractivity contribution in [3.63, 3.8) is 0 Å². The number of nitrogens with zero attached hydrogens (tertiary/aromatic N) is 1. The molecule has 0 aliphatic carbocycles. The van der Waals surface area contributed by atoms with E-state index in [0.717, 1.165) is 12.1 Å². The summed E-state index contributed by atoms with van der Waals surface area (Å²) in [7, 11) is 3.39. The summed E-state index contributed by atoms with van der Waals surface area (Å²) < 4.78 is 37.5. The first kappa shape index (κ1) is 11.4. The summed E-state index contributed by atoms with van der Waals surface area (Å²) in [5.74, 6) is 0. The molecule has 14 heavy (non-hydrogen) atoms. The molecule has 0 aliphatic heterocycles. The van der Waals surface area contributed by atoms with Crippen LogP contribution in [0.3, 0.4) is 0 Å². The molecule has 1 aromatic rings. The quantitative estimate of drug-likeness (QED) is 0.753. The van der Waals surface area contributed by atoms with Crippen molar-refractivity contribution in [3.8, 4) is 0 Å². The highest BCUT2D eigenvalue weighted by Gasteiger charge is 2.31. The van der Waals surface area contributed by atoms with Crippen molar-refractivity contribution < 1.29 is 13.2 Å². The van der Waals surface area contributed by atoms with E-state index in [9.17, 15) is 13.2 Å². The van der Waals surface area contributed by atoms with Crippen molar-refractivity contribution in [2.24, 2.45) is 0 Å². The van der Waals surface area contributed by atoms with Crippen LogP contribution in [0, 0.1) is 0 Å². The Kier molecular flexibility index (Phi) is 3.09. The highest BCUT2D eigenvalue weighted by atomic mass is 79.9. The van der Waals surface area contributed by atoms with Gasteiger partial charge in [0.05, 0.1) is 5.56 Å². The highest BCUT2D eigenvalue weighted by Crippen LogP contribution is 2.33. The summed E-state index contributed by atoms with van der Waals surface area (Å²) in [4.78, 5) is 1.62. The van der Waals surface area contributed by atoms with Crippen LogP contribution >= 0.6 is 15.9 Å². The first-order chi connectivity index (χ1) is 6.30. The van der Waals surface area contributed by atoms with Gasteiger partial charge in [-0.2, -0.15) is 13.2 Å². The predicted octanol–water partition coefficient (Wildman–Crippen LogP) is 3.53. The van der Waals surface area contributed by atoms with Crippen molar-refractivity contribution in [1.29, 1.82) is 0 Å². The molecule has 0 unspecified atom stereocenters.